The van der Waals surface area contributed by atoms with E-state index in [1.165, 1.54) is 10.5 Å². The van der Waals surface area contributed by atoms with E-state index < -0.39 is 0 Å². The van der Waals surface area contributed by atoms with Crippen LogP contribution in [0.25, 0.3) is 0 Å². The highest BCUT2D eigenvalue weighted by Gasteiger charge is 2.29. The zero-order valence-corrected chi connectivity index (χ0v) is 14.7. The van der Waals surface area contributed by atoms with Crippen LogP contribution in [0.15, 0.2) is 24.3 Å². The molecule has 0 spiro atoms. The lowest BCUT2D eigenvalue weighted by molar-refractivity contribution is -0.138. The first kappa shape index (κ1) is 18.2. The Balaban J connectivity index is 1.95. The standard InChI is InChI=1S/C19H26N2O3/c1-4-14-5-7-15(8-6-14)19(13(2)3)20-16(22)11-12-21-17(23)9-10-18(21)24/h5-8,13,19H,4,9-12H2,1-3H3,(H,20,22). The van der Waals surface area contributed by atoms with Crippen LogP contribution in [0, 0.1) is 5.92 Å². The van der Waals surface area contributed by atoms with E-state index in [1.54, 1.807) is 0 Å². The van der Waals surface area contributed by atoms with Crippen LogP contribution in [0.3, 0.4) is 0 Å². The van der Waals surface area contributed by atoms with Crippen LogP contribution in [-0.4, -0.2) is 29.2 Å². The van der Waals surface area contributed by atoms with Gasteiger partial charge in [-0.3, -0.25) is 19.3 Å². The summed E-state index contributed by atoms with van der Waals surface area (Å²) in [6.45, 7) is 6.40. The van der Waals surface area contributed by atoms with Crippen LogP contribution in [0.2, 0.25) is 0 Å². The molecule has 0 radical (unpaired) electrons. The molecule has 1 fully saturated rings. The lowest BCUT2D eigenvalue weighted by Crippen LogP contribution is -2.36. The third-order valence-corrected chi connectivity index (χ3v) is 4.45. The molecule has 1 aromatic carbocycles. The van der Waals surface area contributed by atoms with Gasteiger partial charge in [-0.2, -0.15) is 0 Å². The Labute approximate surface area is 143 Å². The summed E-state index contributed by atoms with van der Waals surface area (Å²) in [7, 11) is 0. The van der Waals surface area contributed by atoms with Crippen molar-refractivity contribution >= 4 is 17.7 Å². The van der Waals surface area contributed by atoms with Crippen LogP contribution in [0.4, 0.5) is 0 Å². The third kappa shape index (κ3) is 4.43. The first-order valence-corrected chi connectivity index (χ1v) is 8.63. The number of nitrogens with one attached hydrogen (secondary N) is 1. The summed E-state index contributed by atoms with van der Waals surface area (Å²) in [5.41, 5.74) is 2.34. The molecule has 0 bridgehead atoms. The molecule has 3 amide bonds. The summed E-state index contributed by atoms with van der Waals surface area (Å²) in [5.74, 6) is -0.246. The second kappa shape index (κ2) is 8.08. The fraction of sp³-hybridized carbons (Fsp3) is 0.526. The van der Waals surface area contributed by atoms with Crippen LogP contribution in [-0.2, 0) is 20.8 Å². The van der Waals surface area contributed by atoms with Gasteiger partial charge < -0.3 is 5.32 Å². The van der Waals surface area contributed by atoms with Gasteiger partial charge in [0.25, 0.3) is 0 Å². The van der Waals surface area contributed by atoms with Crippen LogP contribution < -0.4 is 5.32 Å². The van der Waals surface area contributed by atoms with Crippen LogP contribution in [0.1, 0.15) is 57.2 Å². The summed E-state index contributed by atoms with van der Waals surface area (Å²) in [6.07, 6.45) is 1.66. The molecule has 1 unspecified atom stereocenters. The predicted octanol–water partition coefficient (Wildman–Crippen LogP) is 2.60. The number of benzene rings is 1. The molecular weight excluding hydrogens is 304 g/mol. The van der Waals surface area contributed by atoms with Gasteiger partial charge >= 0.3 is 0 Å². The van der Waals surface area contributed by atoms with E-state index in [9.17, 15) is 14.4 Å². The van der Waals surface area contributed by atoms with Gasteiger partial charge in [0.1, 0.15) is 0 Å². The summed E-state index contributed by atoms with van der Waals surface area (Å²) < 4.78 is 0. The number of imide groups is 1. The monoisotopic (exact) mass is 330 g/mol. The van der Waals surface area contributed by atoms with Crippen molar-refractivity contribution < 1.29 is 14.4 Å². The van der Waals surface area contributed by atoms with Gasteiger partial charge in [0.05, 0.1) is 6.04 Å². The normalized spacial score (nSPS) is 15.9. The first-order valence-electron chi connectivity index (χ1n) is 8.63. The van der Waals surface area contributed by atoms with Crippen LogP contribution in [0.5, 0.6) is 0 Å². The molecule has 1 saturated heterocycles. The molecule has 0 aromatic heterocycles. The molecule has 1 aliphatic rings. The lowest BCUT2D eigenvalue weighted by atomic mass is 9.94. The SMILES string of the molecule is CCc1ccc(C(NC(=O)CCN2C(=O)CCC2=O)C(C)C)cc1. The molecule has 1 heterocycles. The van der Waals surface area contributed by atoms with Gasteiger partial charge in [0.2, 0.25) is 17.7 Å². The quantitative estimate of drug-likeness (QED) is 0.782. The first-order chi connectivity index (χ1) is 11.4. The fourth-order valence-corrected chi connectivity index (χ4v) is 2.93. The topological polar surface area (TPSA) is 66.5 Å². The highest BCUT2D eigenvalue weighted by Crippen LogP contribution is 2.22. The number of hydrogen-bond donors (Lipinski definition) is 1. The third-order valence-electron chi connectivity index (χ3n) is 4.45. The molecule has 1 N–H and O–H groups in total. The maximum Gasteiger partial charge on any atom is 0.229 e. The number of carbonyl (C=O) groups excluding carboxylic acids is 3. The van der Waals surface area contributed by atoms with E-state index in [0.717, 1.165) is 12.0 Å². The number of rotatable bonds is 7. The van der Waals surface area contributed by atoms with E-state index >= 15 is 0 Å². The lowest BCUT2D eigenvalue weighted by Gasteiger charge is -2.24. The summed E-state index contributed by atoms with van der Waals surface area (Å²) >= 11 is 0. The van der Waals surface area contributed by atoms with Gasteiger partial charge in [-0.15, -0.1) is 0 Å². The summed E-state index contributed by atoms with van der Waals surface area (Å²) in [4.78, 5) is 36.6. The Kier molecular flexibility index (Phi) is 6.12. The average Bonchev–Trinajstić information content (AvgIpc) is 2.89. The molecule has 1 aliphatic heterocycles. The van der Waals surface area contributed by atoms with Crippen molar-refractivity contribution in [2.45, 2.75) is 52.5 Å². The van der Waals surface area contributed by atoms with Gasteiger partial charge in [-0.25, -0.2) is 0 Å². The van der Waals surface area contributed by atoms with E-state index in [1.807, 2.05) is 0 Å². The number of amides is 3. The molecule has 5 heteroatoms. The average molecular weight is 330 g/mol. The minimum atomic E-state index is -0.177. The Bertz CT molecular complexity index is 592. The maximum absolute atomic E-state index is 12.3. The zero-order valence-electron chi connectivity index (χ0n) is 14.7. The van der Waals surface area contributed by atoms with Gasteiger partial charge in [0.15, 0.2) is 0 Å². The fourth-order valence-electron chi connectivity index (χ4n) is 2.93. The van der Waals surface area contributed by atoms with Crippen molar-refractivity contribution in [3.63, 3.8) is 0 Å². The Morgan fingerprint density at radius 1 is 1.12 bits per heavy atom. The summed E-state index contributed by atoms with van der Waals surface area (Å²) in [5, 5.41) is 3.04. The smallest absolute Gasteiger partial charge is 0.229 e. The second-order valence-electron chi connectivity index (χ2n) is 6.57. The largest absolute Gasteiger partial charge is 0.349 e. The van der Waals surface area contributed by atoms with Gasteiger partial charge in [0, 0.05) is 25.8 Å². The second-order valence-corrected chi connectivity index (χ2v) is 6.57. The zero-order chi connectivity index (χ0) is 17.7. The molecule has 2 rings (SSSR count). The molecule has 0 aliphatic carbocycles. The minimum absolute atomic E-state index is 0.0756. The van der Waals surface area contributed by atoms with Crippen molar-refractivity contribution in [1.29, 1.82) is 0 Å². The van der Waals surface area contributed by atoms with Crippen molar-refractivity contribution in [2.24, 2.45) is 5.92 Å². The van der Waals surface area contributed by atoms with E-state index in [2.05, 4.69) is 50.4 Å². The molecule has 130 valence electrons. The Morgan fingerprint density at radius 3 is 2.21 bits per heavy atom. The van der Waals surface area contributed by atoms with Crippen LogP contribution >= 0.6 is 0 Å². The Hall–Kier alpha value is -2.17. The molecule has 5 nitrogen and oxygen atoms in total. The van der Waals surface area contributed by atoms with E-state index in [4.69, 9.17) is 0 Å². The summed E-state index contributed by atoms with van der Waals surface area (Å²) in [6, 6.07) is 8.19. The van der Waals surface area contributed by atoms with Gasteiger partial charge in [-0.05, 0) is 23.5 Å². The highest BCUT2D eigenvalue weighted by atomic mass is 16.2. The number of carbonyl (C=O) groups is 3. The van der Waals surface area contributed by atoms with Crippen molar-refractivity contribution in [3.8, 4) is 0 Å². The number of likely N-dealkylation sites (tertiary alicyclic amines) is 1. The van der Waals surface area contributed by atoms with E-state index in [-0.39, 0.29) is 55.5 Å². The molecule has 24 heavy (non-hydrogen) atoms. The van der Waals surface area contributed by atoms with Gasteiger partial charge in [-0.1, -0.05) is 45.0 Å². The predicted molar refractivity (Wildman–Crippen MR) is 92.1 cm³/mol. The Morgan fingerprint density at radius 2 is 1.71 bits per heavy atom. The van der Waals surface area contributed by atoms with Crippen molar-refractivity contribution in [1.82, 2.24) is 10.2 Å². The van der Waals surface area contributed by atoms with Crippen molar-refractivity contribution in [2.75, 3.05) is 6.54 Å². The molecular formula is C19H26N2O3. The molecule has 1 aromatic rings. The highest BCUT2D eigenvalue weighted by molar-refractivity contribution is 6.02. The minimum Gasteiger partial charge on any atom is -0.349 e. The number of nitrogens with zero attached hydrogens (tertiary/aromatic N) is 1. The number of aryl methyl sites for hydroxylation is 1. The number of hydrogen-bond acceptors (Lipinski definition) is 3. The molecule has 0 saturated carbocycles. The van der Waals surface area contributed by atoms with E-state index in [0.29, 0.717) is 0 Å². The van der Waals surface area contributed by atoms with Crippen molar-refractivity contribution in [3.05, 3.63) is 35.4 Å². The maximum atomic E-state index is 12.3. The molecule has 1 atom stereocenters.